The summed E-state index contributed by atoms with van der Waals surface area (Å²) in [6.07, 6.45) is 0.193. The number of methoxy groups -OCH3 is 1. The Morgan fingerprint density at radius 1 is 0.500 bits per heavy atom. The number of halogens is 9. The second-order valence-corrected chi connectivity index (χ2v) is 21.7. The summed E-state index contributed by atoms with van der Waals surface area (Å²) in [4.78, 5) is 72.2. The third kappa shape index (κ3) is 19.2. The summed E-state index contributed by atoms with van der Waals surface area (Å²) >= 11 is 0. The number of carbonyl (C=O) groups excluding carboxylic acids is 3. The first-order valence-electron chi connectivity index (χ1n) is 24.7. The monoisotopic (exact) mass is 1360 g/mol. The van der Waals surface area contributed by atoms with Crippen LogP contribution in [0, 0.1) is 18.3 Å². The fourth-order valence-electron chi connectivity index (χ4n) is 7.04. The molecule has 30 heteroatoms. The van der Waals surface area contributed by atoms with Crippen molar-refractivity contribution in [1.29, 1.82) is 0 Å². The number of Topliss-reactive ketones (excluding diaryl/α,β-unsaturated/α-hetero) is 2. The minimum absolute atomic E-state index is 0. The number of alkyl halides is 9. The Morgan fingerprint density at radius 2 is 0.869 bits per heavy atom. The van der Waals surface area contributed by atoms with Gasteiger partial charge in [-0.25, -0.2) is 54.6 Å². The summed E-state index contributed by atoms with van der Waals surface area (Å²) in [5, 5.41) is 21.9. The van der Waals surface area contributed by atoms with Crippen LogP contribution in [0.25, 0.3) is 34.6 Å². The molecule has 0 saturated carbocycles. The normalized spacial score (nSPS) is 12.2. The Kier molecular flexibility index (Phi) is 23.8. The van der Waals surface area contributed by atoms with Crippen molar-refractivity contribution in [3.8, 4) is 34.6 Å². The van der Waals surface area contributed by atoms with Crippen molar-refractivity contribution in [1.82, 2.24) is 80.4 Å². The SMILES string of the molecule is CC(C)(C)C(=O)C(C(=O)c1ncccn1)C(F)(F)F.CC(C)(C)c1[nH]nc(-c2ncccn2)c1C(F)(F)F.CC(C)(C)c1n[n-]c(-c2ncccn2)c1C(F)(F)F.COC(=O)c1ncccn1.Cc1c(C(C)(C)C)n[n-]c1-c1ncccn1.[Pt+2]. The molecule has 0 aliphatic carbocycles. The third-order valence-corrected chi connectivity index (χ3v) is 10.8. The second-order valence-electron chi connectivity index (χ2n) is 21.7. The fourth-order valence-corrected chi connectivity index (χ4v) is 7.04. The standard InChI is InChI=1S/C12H13F3N4.C12H12F3N4.C12H13F3N2O2.C12H15N4.C6H6N2O2.Pt/c2*1-11(2,3)9-7(12(13,14)15)8(18-19-9)10-16-5-4-6-17-10;1-11(2,3)9(19)7(12(13,14)15)8(18)10-16-5-4-6-17-10;1-8-9(11-13-6-5-7-14-11)15-16-10(8)12(2,3)4;1-10-6(9)5-7-3-2-4-8-5;/h4-6H,1-3H3,(H,18,19);4-6H,1-3H3;4-7H,1-3H3;5-7H,1-4H3;2-4H,1H3;/q;-1;;-1;;+2. The molecule has 0 bridgehead atoms. The summed E-state index contributed by atoms with van der Waals surface area (Å²) in [6.45, 7) is 22.4. The molecule has 0 fully saturated rings. The number of aromatic nitrogens is 16. The van der Waals surface area contributed by atoms with E-state index in [-0.39, 0.29) is 66.7 Å². The van der Waals surface area contributed by atoms with Crippen molar-refractivity contribution in [2.45, 2.75) is 125 Å². The zero-order chi connectivity index (χ0) is 62.5. The molecule has 8 aromatic rings. The quantitative estimate of drug-likeness (QED) is 0.0672. The van der Waals surface area contributed by atoms with Gasteiger partial charge in [0, 0.05) is 95.0 Å². The van der Waals surface area contributed by atoms with Crippen molar-refractivity contribution in [2.75, 3.05) is 7.11 Å². The Labute approximate surface area is 491 Å². The van der Waals surface area contributed by atoms with Gasteiger partial charge in [0.2, 0.25) is 11.6 Å². The van der Waals surface area contributed by atoms with Gasteiger partial charge >= 0.3 is 45.6 Å². The second kappa shape index (κ2) is 28.5. The smallest absolute Gasteiger partial charge is 0.572 e. The summed E-state index contributed by atoms with van der Waals surface area (Å²) in [5.74, 6) is -5.85. The minimum atomic E-state index is -4.96. The predicted octanol–water partition coefficient (Wildman–Crippen LogP) is 10.8. The van der Waals surface area contributed by atoms with Gasteiger partial charge < -0.3 is 25.1 Å². The van der Waals surface area contributed by atoms with E-state index in [2.05, 4.69) is 106 Å². The number of esters is 1. The number of aromatic amines is 1. The molecule has 0 aromatic carbocycles. The van der Waals surface area contributed by atoms with Crippen molar-refractivity contribution in [3.63, 3.8) is 0 Å². The average molecular weight is 1360 g/mol. The number of rotatable bonds is 7. The van der Waals surface area contributed by atoms with Gasteiger partial charge in [0.25, 0.3) is 0 Å². The Balaban J connectivity index is 0.000000278. The molecule has 84 heavy (non-hydrogen) atoms. The van der Waals surface area contributed by atoms with E-state index in [0.29, 0.717) is 5.82 Å². The molecule has 1 atom stereocenters. The van der Waals surface area contributed by atoms with Gasteiger partial charge in [-0.1, -0.05) is 94.5 Å². The number of hydrogen-bond acceptors (Lipinski definition) is 17. The summed E-state index contributed by atoms with van der Waals surface area (Å²) in [7, 11) is 1.29. The van der Waals surface area contributed by atoms with Crippen molar-refractivity contribution < 1.29 is 79.7 Å². The maximum atomic E-state index is 13.2. The number of carbonyl (C=O) groups is 3. The molecule has 8 heterocycles. The molecule has 8 aromatic heterocycles. The van der Waals surface area contributed by atoms with Crippen LogP contribution in [-0.2, 0) is 59.2 Å². The number of nitrogens with zero attached hydrogens (tertiary/aromatic N) is 15. The van der Waals surface area contributed by atoms with E-state index in [1.807, 2.05) is 6.92 Å². The number of ketones is 2. The van der Waals surface area contributed by atoms with Gasteiger partial charge in [0.15, 0.2) is 23.3 Å². The van der Waals surface area contributed by atoms with E-state index < -0.39 is 75.2 Å². The van der Waals surface area contributed by atoms with Crippen LogP contribution in [0.15, 0.2) is 92.3 Å². The molecule has 1 N–H and O–H groups in total. The van der Waals surface area contributed by atoms with Gasteiger partial charge in [-0.05, 0) is 42.8 Å². The number of nitrogens with one attached hydrogen (secondary N) is 1. The van der Waals surface area contributed by atoms with E-state index in [0.717, 1.165) is 29.3 Å². The van der Waals surface area contributed by atoms with Gasteiger partial charge in [-0.15, -0.1) is 0 Å². The van der Waals surface area contributed by atoms with E-state index >= 15 is 0 Å². The Morgan fingerprint density at radius 3 is 1.23 bits per heavy atom. The number of hydrogen-bond donors (Lipinski definition) is 1. The zero-order valence-corrected chi connectivity index (χ0v) is 50.1. The fraction of sp³-hybridized carbons (Fsp3) is 0.407. The molecular formula is C54H59F9N16O4Pt. The number of H-pyrrole nitrogens is 1. The van der Waals surface area contributed by atoms with Gasteiger partial charge in [0.1, 0.15) is 22.9 Å². The molecule has 0 aliphatic rings. The summed E-state index contributed by atoms with van der Waals surface area (Å²) in [5.41, 5.74) is -2.19. The van der Waals surface area contributed by atoms with E-state index in [9.17, 15) is 53.9 Å². The molecule has 1 unspecified atom stereocenters. The summed E-state index contributed by atoms with van der Waals surface area (Å²) in [6, 6.07) is 7.85. The molecule has 20 nitrogen and oxygen atoms in total. The largest absolute Gasteiger partial charge is 2.00 e. The van der Waals surface area contributed by atoms with Crippen LogP contribution in [0.1, 0.15) is 138 Å². The average Bonchev–Trinajstić information content (AvgIpc) is 3.47. The first-order valence-corrected chi connectivity index (χ1v) is 24.7. The van der Waals surface area contributed by atoms with E-state index in [4.69, 9.17) is 0 Å². The van der Waals surface area contributed by atoms with Crippen molar-refractivity contribution >= 4 is 17.5 Å². The molecule has 8 rings (SSSR count). The van der Waals surface area contributed by atoms with Gasteiger partial charge in [-0.3, -0.25) is 14.7 Å². The van der Waals surface area contributed by atoms with Crippen LogP contribution < -0.4 is 10.2 Å². The Hall–Kier alpha value is -8.10. The van der Waals surface area contributed by atoms with Crippen LogP contribution in [0.3, 0.4) is 0 Å². The molecular weight excluding hydrogens is 1300 g/mol. The Bertz CT molecular complexity index is 3250. The molecule has 452 valence electrons. The van der Waals surface area contributed by atoms with Gasteiger partial charge in [-0.2, -0.15) is 44.6 Å². The number of ether oxygens (including phenoxy) is 1. The predicted molar refractivity (Wildman–Crippen MR) is 281 cm³/mol. The van der Waals surface area contributed by atoms with Crippen LogP contribution in [0.4, 0.5) is 39.5 Å². The third-order valence-electron chi connectivity index (χ3n) is 10.8. The van der Waals surface area contributed by atoms with Crippen LogP contribution in [0.2, 0.25) is 0 Å². The van der Waals surface area contributed by atoms with Crippen LogP contribution in [0.5, 0.6) is 0 Å². The maximum Gasteiger partial charge on any atom is 2.00 e. The summed E-state index contributed by atoms with van der Waals surface area (Å²) < 4.78 is 123. The first kappa shape index (κ1) is 70.2. The van der Waals surface area contributed by atoms with E-state index in [1.54, 1.807) is 66.1 Å². The molecule has 0 amide bonds. The molecule has 0 spiro atoms. The van der Waals surface area contributed by atoms with Crippen LogP contribution in [-0.4, -0.2) is 101 Å². The van der Waals surface area contributed by atoms with Crippen LogP contribution >= 0.6 is 0 Å². The minimum Gasteiger partial charge on any atom is -0.572 e. The van der Waals surface area contributed by atoms with Crippen molar-refractivity contribution in [3.05, 3.63) is 138 Å². The molecule has 0 radical (unpaired) electrons. The van der Waals surface area contributed by atoms with Gasteiger partial charge in [0.05, 0.1) is 18.4 Å². The first-order chi connectivity index (χ1) is 38.3. The van der Waals surface area contributed by atoms with Crippen molar-refractivity contribution in [2.24, 2.45) is 11.3 Å². The molecule has 0 aliphatic heterocycles. The maximum absolute atomic E-state index is 13.2. The topological polar surface area (TPSA) is 272 Å². The zero-order valence-electron chi connectivity index (χ0n) is 47.8. The van der Waals surface area contributed by atoms with E-state index in [1.165, 1.54) is 83.3 Å². The molecule has 0 saturated heterocycles.